The van der Waals surface area contributed by atoms with Gasteiger partial charge in [0.1, 0.15) is 12.6 Å². The van der Waals surface area contributed by atoms with Crippen LogP contribution >= 0.6 is 0 Å². The van der Waals surface area contributed by atoms with Crippen molar-refractivity contribution in [2.45, 2.75) is 69.5 Å². The third-order valence-corrected chi connectivity index (χ3v) is 9.65. The molecule has 0 radical (unpaired) electrons. The van der Waals surface area contributed by atoms with Gasteiger partial charge in [-0.05, 0) is 56.5 Å². The summed E-state index contributed by atoms with van der Waals surface area (Å²) in [4.78, 5) is 29.1. The predicted molar refractivity (Wildman–Crippen MR) is 167 cm³/mol. The molecular formula is C33H41N3O6S. The smallest absolute Gasteiger partial charge is 0.264 e. The molecule has 0 bridgehead atoms. The maximum atomic E-state index is 14.2. The Bertz CT molecular complexity index is 1490. The van der Waals surface area contributed by atoms with Gasteiger partial charge in [-0.1, -0.05) is 67.3 Å². The summed E-state index contributed by atoms with van der Waals surface area (Å²) in [5.41, 5.74) is 2.13. The molecule has 43 heavy (non-hydrogen) atoms. The number of nitrogens with zero attached hydrogens (tertiary/aromatic N) is 2. The van der Waals surface area contributed by atoms with Crippen LogP contribution in [0.1, 0.15) is 50.2 Å². The molecule has 2 amide bonds. The molecule has 3 aromatic rings. The maximum Gasteiger partial charge on any atom is 0.264 e. The summed E-state index contributed by atoms with van der Waals surface area (Å²) in [5, 5.41) is 3.12. The van der Waals surface area contributed by atoms with Crippen molar-refractivity contribution >= 4 is 27.5 Å². The molecule has 1 aliphatic carbocycles. The number of rotatable bonds is 12. The summed E-state index contributed by atoms with van der Waals surface area (Å²) >= 11 is 0. The van der Waals surface area contributed by atoms with E-state index in [1.165, 1.54) is 37.3 Å². The van der Waals surface area contributed by atoms with Crippen LogP contribution in [0, 0.1) is 6.92 Å². The lowest BCUT2D eigenvalue weighted by Crippen LogP contribution is -2.53. The molecule has 0 aliphatic heterocycles. The molecule has 0 heterocycles. The number of ether oxygens (including phenoxy) is 2. The second kappa shape index (κ2) is 14.4. The van der Waals surface area contributed by atoms with Crippen LogP contribution in [-0.2, 0) is 26.2 Å². The molecule has 0 spiro atoms. The first-order chi connectivity index (χ1) is 20.6. The van der Waals surface area contributed by atoms with Crippen LogP contribution in [0.5, 0.6) is 11.5 Å². The average molecular weight is 608 g/mol. The fraction of sp³-hybridized carbons (Fsp3) is 0.394. The number of carbonyl (C=O) groups excluding carboxylic acids is 2. The number of aryl methyl sites for hydroxylation is 1. The van der Waals surface area contributed by atoms with Crippen LogP contribution < -0.4 is 19.1 Å². The first-order valence-electron chi connectivity index (χ1n) is 14.6. The second-order valence-electron chi connectivity index (χ2n) is 10.9. The number of benzene rings is 3. The lowest BCUT2D eigenvalue weighted by atomic mass is 9.95. The predicted octanol–water partition coefficient (Wildman–Crippen LogP) is 5.07. The first-order valence-corrected chi connectivity index (χ1v) is 16.0. The molecule has 0 aromatic heterocycles. The Morgan fingerprint density at radius 1 is 0.907 bits per heavy atom. The Labute approximate surface area is 254 Å². The van der Waals surface area contributed by atoms with E-state index in [-0.39, 0.29) is 29.1 Å². The first kappa shape index (κ1) is 31.9. The quantitative estimate of drug-likeness (QED) is 0.308. The summed E-state index contributed by atoms with van der Waals surface area (Å²) in [7, 11) is -1.24. The summed E-state index contributed by atoms with van der Waals surface area (Å²) in [6, 6.07) is 19.6. The molecule has 0 saturated heterocycles. The molecule has 1 aliphatic rings. The molecule has 3 aromatic carbocycles. The molecule has 1 unspecified atom stereocenters. The van der Waals surface area contributed by atoms with E-state index in [1.54, 1.807) is 37.3 Å². The normalized spacial score (nSPS) is 14.4. The van der Waals surface area contributed by atoms with Gasteiger partial charge >= 0.3 is 0 Å². The van der Waals surface area contributed by atoms with Gasteiger partial charge in [-0.25, -0.2) is 8.42 Å². The lowest BCUT2D eigenvalue weighted by molar-refractivity contribution is -0.139. The SMILES string of the molecule is COc1ccc(N(CC(=O)N(Cc2ccc(C)cc2)C(C)C(=O)NC2CCCCC2)S(=O)(=O)c2ccccc2)cc1OC. The molecule has 1 saturated carbocycles. The van der Waals surface area contributed by atoms with Gasteiger partial charge in [0.15, 0.2) is 11.5 Å². The molecule has 1 fully saturated rings. The van der Waals surface area contributed by atoms with Crippen molar-refractivity contribution in [1.29, 1.82) is 0 Å². The number of methoxy groups -OCH3 is 2. The van der Waals surface area contributed by atoms with Gasteiger partial charge in [0.05, 0.1) is 24.8 Å². The lowest BCUT2D eigenvalue weighted by Gasteiger charge is -2.33. The van der Waals surface area contributed by atoms with Crippen molar-refractivity contribution in [3.05, 3.63) is 83.9 Å². The third-order valence-electron chi connectivity index (χ3n) is 7.86. The van der Waals surface area contributed by atoms with Crippen molar-refractivity contribution in [2.75, 3.05) is 25.1 Å². The number of carbonyl (C=O) groups is 2. The molecular weight excluding hydrogens is 566 g/mol. The highest BCUT2D eigenvalue weighted by Crippen LogP contribution is 2.34. The van der Waals surface area contributed by atoms with E-state index in [1.807, 2.05) is 31.2 Å². The van der Waals surface area contributed by atoms with E-state index in [4.69, 9.17) is 9.47 Å². The van der Waals surface area contributed by atoms with Crippen LogP contribution in [0.25, 0.3) is 0 Å². The minimum atomic E-state index is -4.19. The standard InChI is InChI=1S/C33H41N3O6S/c1-24-15-17-26(18-16-24)22-35(25(2)33(38)34-27-11-7-5-8-12-27)32(37)23-36(43(39,40)29-13-9-6-10-14-29)28-19-20-30(41-3)31(21-28)42-4/h6,9-10,13-21,25,27H,5,7-8,11-12,22-23H2,1-4H3,(H,34,38). The third kappa shape index (κ3) is 7.87. The van der Waals surface area contributed by atoms with E-state index in [0.717, 1.165) is 47.5 Å². The van der Waals surface area contributed by atoms with Gasteiger partial charge in [0.25, 0.3) is 10.0 Å². The van der Waals surface area contributed by atoms with Gasteiger partial charge in [0.2, 0.25) is 11.8 Å². The topological polar surface area (TPSA) is 105 Å². The molecule has 10 heteroatoms. The number of hydrogen-bond acceptors (Lipinski definition) is 6. The van der Waals surface area contributed by atoms with E-state index >= 15 is 0 Å². The van der Waals surface area contributed by atoms with Gasteiger partial charge in [-0.3, -0.25) is 13.9 Å². The van der Waals surface area contributed by atoms with Crippen molar-refractivity contribution in [1.82, 2.24) is 10.2 Å². The van der Waals surface area contributed by atoms with Crippen molar-refractivity contribution in [2.24, 2.45) is 0 Å². The highest BCUT2D eigenvalue weighted by Gasteiger charge is 2.33. The Hall–Kier alpha value is -4.05. The number of amides is 2. The molecule has 1 atom stereocenters. The van der Waals surface area contributed by atoms with Crippen molar-refractivity contribution in [3.63, 3.8) is 0 Å². The van der Waals surface area contributed by atoms with Crippen LogP contribution in [0.2, 0.25) is 0 Å². The van der Waals surface area contributed by atoms with Crippen molar-refractivity contribution in [3.8, 4) is 11.5 Å². The zero-order valence-electron chi connectivity index (χ0n) is 25.3. The van der Waals surface area contributed by atoms with E-state index in [9.17, 15) is 18.0 Å². The maximum absolute atomic E-state index is 14.2. The summed E-state index contributed by atoms with van der Waals surface area (Å²) < 4.78 is 39.9. The fourth-order valence-corrected chi connectivity index (χ4v) is 6.70. The summed E-state index contributed by atoms with van der Waals surface area (Å²) in [6.45, 7) is 3.28. The Kier molecular flexibility index (Phi) is 10.7. The monoisotopic (exact) mass is 607 g/mol. The highest BCUT2D eigenvalue weighted by atomic mass is 32.2. The van der Waals surface area contributed by atoms with Crippen LogP contribution in [0.4, 0.5) is 5.69 Å². The average Bonchev–Trinajstić information content (AvgIpc) is 3.03. The van der Waals surface area contributed by atoms with Crippen molar-refractivity contribution < 1.29 is 27.5 Å². The minimum Gasteiger partial charge on any atom is -0.493 e. The number of hydrogen-bond donors (Lipinski definition) is 1. The fourth-order valence-electron chi connectivity index (χ4n) is 5.27. The Morgan fingerprint density at radius 3 is 2.19 bits per heavy atom. The molecule has 4 rings (SSSR count). The van der Waals surface area contributed by atoms with Crippen LogP contribution in [0.15, 0.2) is 77.7 Å². The number of nitrogens with one attached hydrogen (secondary N) is 1. The van der Waals surface area contributed by atoms with E-state index in [0.29, 0.717) is 11.5 Å². The molecule has 1 N–H and O–H groups in total. The zero-order valence-corrected chi connectivity index (χ0v) is 26.1. The van der Waals surface area contributed by atoms with Crippen LogP contribution in [0.3, 0.4) is 0 Å². The van der Waals surface area contributed by atoms with Gasteiger partial charge < -0.3 is 19.7 Å². The van der Waals surface area contributed by atoms with E-state index < -0.39 is 28.5 Å². The zero-order chi connectivity index (χ0) is 31.0. The largest absolute Gasteiger partial charge is 0.493 e. The Balaban J connectivity index is 1.70. The number of sulfonamides is 1. The highest BCUT2D eigenvalue weighted by molar-refractivity contribution is 7.92. The summed E-state index contributed by atoms with van der Waals surface area (Å²) in [5.74, 6) is -0.0294. The van der Waals surface area contributed by atoms with Gasteiger partial charge in [0, 0.05) is 18.7 Å². The second-order valence-corrected chi connectivity index (χ2v) is 12.8. The molecule has 9 nitrogen and oxygen atoms in total. The minimum absolute atomic E-state index is 0.0331. The van der Waals surface area contributed by atoms with Gasteiger partial charge in [-0.2, -0.15) is 0 Å². The molecule has 230 valence electrons. The van der Waals surface area contributed by atoms with Crippen LogP contribution in [-0.4, -0.2) is 58.0 Å². The van der Waals surface area contributed by atoms with Gasteiger partial charge in [-0.15, -0.1) is 0 Å². The van der Waals surface area contributed by atoms with E-state index in [2.05, 4.69) is 5.32 Å². The Morgan fingerprint density at radius 2 is 1.56 bits per heavy atom. The summed E-state index contributed by atoms with van der Waals surface area (Å²) in [6.07, 6.45) is 5.09. The number of anilines is 1.